The van der Waals surface area contributed by atoms with Crippen molar-refractivity contribution in [3.63, 3.8) is 0 Å². The summed E-state index contributed by atoms with van der Waals surface area (Å²) < 4.78 is 5.88. The second-order valence-electron chi connectivity index (χ2n) is 6.34. The predicted molar refractivity (Wildman–Crippen MR) is 106 cm³/mol. The van der Waals surface area contributed by atoms with E-state index in [1.54, 1.807) is 6.07 Å². The Hall–Kier alpha value is -2.22. The molecule has 8 heteroatoms. The van der Waals surface area contributed by atoms with Gasteiger partial charge in [0.2, 0.25) is 0 Å². The minimum Gasteiger partial charge on any atom is -0.507 e. The first kappa shape index (κ1) is 22.1. The topological polar surface area (TPSA) is 101 Å². The number of phenols is 1. The van der Waals surface area contributed by atoms with Crippen LogP contribution in [0.15, 0.2) is 36.4 Å². The number of Topliss-reactive ketones (excluding diaryl/α,β-unsaturated/α-hetero) is 1. The van der Waals surface area contributed by atoms with Gasteiger partial charge in [0.05, 0.1) is 5.56 Å². The molecule has 0 aliphatic carbocycles. The molecule has 0 atom stereocenters. The summed E-state index contributed by atoms with van der Waals surface area (Å²) >= 11 is 0. The fourth-order valence-corrected chi connectivity index (χ4v) is 2.93. The molecular weight excluding hydrogens is 367 g/mol. The normalized spacial score (nSPS) is 10.4. The number of aromatic hydroxyl groups is 1. The zero-order chi connectivity index (χ0) is 19.2. The summed E-state index contributed by atoms with van der Waals surface area (Å²) in [5.41, 5.74) is 3.07. The van der Waals surface area contributed by atoms with Crippen LogP contribution < -0.4 is 4.74 Å². The number of rotatable bonds is 8. The van der Waals surface area contributed by atoms with Crippen LogP contribution in [0.25, 0.3) is 0 Å². The molecule has 28 heavy (non-hydrogen) atoms. The number of carbonyl (C=O) groups is 1. The van der Waals surface area contributed by atoms with E-state index in [0.29, 0.717) is 30.8 Å². The summed E-state index contributed by atoms with van der Waals surface area (Å²) in [4.78, 5) is 11.7. The van der Waals surface area contributed by atoms with Gasteiger partial charge in [-0.2, -0.15) is 5.21 Å². The molecule has 7 nitrogen and oxygen atoms in total. The van der Waals surface area contributed by atoms with Gasteiger partial charge in [-0.15, -0.1) is 10.2 Å². The number of hydrogen-bond donors (Lipinski definition) is 2. The number of nitrogens with zero attached hydrogens (tertiary/aromatic N) is 3. The average Bonchev–Trinajstić information content (AvgIpc) is 3.16. The predicted octanol–water partition coefficient (Wildman–Crippen LogP) is 2.85. The molecule has 0 saturated carbocycles. The van der Waals surface area contributed by atoms with E-state index >= 15 is 0 Å². The number of ether oxygens (including phenoxy) is 1. The van der Waals surface area contributed by atoms with Crippen molar-refractivity contribution in [2.75, 3.05) is 0 Å². The zero-order valence-corrected chi connectivity index (χ0v) is 18.4. The number of carbonyl (C=O) groups excluding carboxylic acids is 1. The fourth-order valence-electron chi connectivity index (χ4n) is 2.93. The van der Waals surface area contributed by atoms with E-state index in [0.717, 1.165) is 28.9 Å². The van der Waals surface area contributed by atoms with Gasteiger partial charge in [-0.25, -0.2) is 0 Å². The summed E-state index contributed by atoms with van der Waals surface area (Å²) in [5, 5.41) is 24.3. The number of aromatic nitrogens is 4. The van der Waals surface area contributed by atoms with Gasteiger partial charge in [0.15, 0.2) is 11.6 Å². The van der Waals surface area contributed by atoms with E-state index in [1.165, 1.54) is 6.92 Å². The molecule has 0 bridgehead atoms. The van der Waals surface area contributed by atoms with Gasteiger partial charge in [-0.3, -0.25) is 4.79 Å². The number of H-pyrrole nitrogens is 1. The van der Waals surface area contributed by atoms with E-state index in [9.17, 15) is 9.90 Å². The smallest absolute Gasteiger partial charge is 0.178 e. The number of aromatic amines is 1. The van der Waals surface area contributed by atoms with E-state index < -0.39 is 0 Å². The summed E-state index contributed by atoms with van der Waals surface area (Å²) in [7, 11) is 0. The molecule has 1 radical (unpaired) electrons. The van der Waals surface area contributed by atoms with Gasteiger partial charge in [0, 0.05) is 41.5 Å². The molecule has 0 spiro atoms. The molecule has 0 fully saturated rings. The minimum absolute atomic E-state index is 0. The Morgan fingerprint density at radius 2 is 1.93 bits per heavy atom. The van der Waals surface area contributed by atoms with Crippen LogP contribution in [0.4, 0.5) is 0 Å². The Morgan fingerprint density at radius 1 is 1.18 bits per heavy atom. The van der Waals surface area contributed by atoms with Crippen molar-refractivity contribution in [1.29, 1.82) is 0 Å². The Balaban J connectivity index is 0.00000280. The Morgan fingerprint density at radius 3 is 2.54 bits per heavy atom. The van der Waals surface area contributed by atoms with Gasteiger partial charge in [-0.1, -0.05) is 36.8 Å². The van der Waals surface area contributed by atoms with Crippen LogP contribution in [0.5, 0.6) is 11.5 Å². The third-order valence-electron chi connectivity index (χ3n) is 4.33. The van der Waals surface area contributed by atoms with Crippen molar-refractivity contribution < 1.29 is 14.6 Å². The molecule has 2 N–H and O–H groups in total. The molecule has 0 amide bonds. The minimum atomic E-state index is -0.144. The maximum atomic E-state index is 11.7. The maximum absolute atomic E-state index is 11.7. The molecule has 0 unspecified atom stereocenters. The van der Waals surface area contributed by atoms with Crippen LogP contribution >= 0.6 is 0 Å². The van der Waals surface area contributed by atoms with E-state index in [4.69, 9.17) is 4.74 Å². The SMILES string of the molecule is CCCc1c(COc2ccc(Cc3nn[nH]n3)cc2)ccc(C(C)=O)c1O.[Na]. The Labute approximate surface area is 185 Å². The van der Waals surface area contributed by atoms with Crippen LogP contribution in [0.1, 0.15) is 53.1 Å². The van der Waals surface area contributed by atoms with Crippen molar-refractivity contribution in [3.8, 4) is 11.5 Å². The largest absolute Gasteiger partial charge is 0.507 e. The van der Waals surface area contributed by atoms with E-state index in [-0.39, 0.29) is 41.1 Å². The molecule has 2 aromatic carbocycles. The summed E-state index contributed by atoms with van der Waals surface area (Å²) in [6.07, 6.45) is 2.15. The fraction of sp³-hybridized carbons (Fsp3) is 0.300. The molecule has 1 aromatic heterocycles. The number of phenolic OH excluding ortho intramolecular Hbond substituents is 1. The third kappa shape index (κ3) is 5.41. The molecule has 3 aromatic rings. The quantitative estimate of drug-likeness (QED) is 0.454. The Bertz CT molecular complexity index is 912. The second kappa shape index (κ2) is 10.4. The first-order valence-electron chi connectivity index (χ1n) is 8.87. The molecular formula is C20H22N4NaO3. The molecule has 0 saturated heterocycles. The number of tetrazole rings is 1. The zero-order valence-electron chi connectivity index (χ0n) is 16.4. The van der Waals surface area contributed by atoms with Crippen molar-refractivity contribution in [2.24, 2.45) is 0 Å². The molecule has 141 valence electrons. The molecule has 0 aliphatic rings. The molecule has 0 aliphatic heterocycles. The monoisotopic (exact) mass is 389 g/mol. The number of benzene rings is 2. The van der Waals surface area contributed by atoms with Crippen LogP contribution in [0, 0.1) is 0 Å². The first-order valence-corrected chi connectivity index (χ1v) is 8.87. The average molecular weight is 389 g/mol. The van der Waals surface area contributed by atoms with Gasteiger partial charge >= 0.3 is 0 Å². The number of ketones is 1. The van der Waals surface area contributed by atoms with Gasteiger partial charge in [0.1, 0.15) is 18.1 Å². The summed E-state index contributed by atoms with van der Waals surface area (Å²) in [6.45, 7) is 3.81. The standard InChI is InChI=1S/C20H22N4O3.Na/c1-3-4-18-15(7-10-17(13(2)25)20(18)26)12-27-16-8-5-14(6-9-16)11-19-21-23-24-22-19;/h5-10,26H,3-4,11-12H2,1-2H3,(H,21,22,23,24);. The third-order valence-corrected chi connectivity index (χ3v) is 4.33. The number of nitrogens with one attached hydrogen (secondary N) is 1. The van der Waals surface area contributed by atoms with Crippen LogP contribution in [-0.4, -0.2) is 61.1 Å². The number of hydrogen-bond acceptors (Lipinski definition) is 6. The van der Waals surface area contributed by atoms with Crippen LogP contribution in [0.3, 0.4) is 0 Å². The van der Waals surface area contributed by atoms with Gasteiger partial charge in [0.25, 0.3) is 0 Å². The van der Waals surface area contributed by atoms with Crippen LogP contribution in [0.2, 0.25) is 0 Å². The summed E-state index contributed by atoms with van der Waals surface area (Å²) in [5.74, 6) is 1.29. The Kier molecular flexibility index (Phi) is 8.17. The van der Waals surface area contributed by atoms with E-state index in [2.05, 4.69) is 20.6 Å². The van der Waals surface area contributed by atoms with Crippen molar-refractivity contribution in [2.45, 2.75) is 39.7 Å². The maximum Gasteiger partial charge on any atom is 0.178 e. The first-order chi connectivity index (χ1) is 13.1. The van der Waals surface area contributed by atoms with Crippen molar-refractivity contribution >= 4 is 35.3 Å². The van der Waals surface area contributed by atoms with Crippen LogP contribution in [-0.2, 0) is 19.4 Å². The second-order valence-corrected chi connectivity index (χ2v) is 6.34. The van der Waals surface area contributed by atoms with E-state index in [1.807, 2.05) is 37.3 Å². The van der Waals surface area contributed by atoms with Crippen molar-refractivity contribution in [3.05, 3.63) is 64.5 Å². The molecule has 1 heterocycles. The van der Waals surface area contributed by atoms with Gasteiger partial charge in [-0.05, 0) is 42.7 Å². The van der Waals surface area contributed by atoms with Crippen molar-refractivity contribution in [1.82, 2.24) is 20.6 Å². The van der Waals surface area contributed by atoms with Gasteiger partial charge < -0.3 is 9.84 Å². The molecule has 3 rings (SSSR count). The summed E-state index contributed by atoms with van der Waals surface area (Å²) in [6, 6.07) is 11.2.